The van der Waals surface area contributed by atoms with Crippen LogP contribution in [0.1, 0.15) is 16.1 Å². The molecule has 1 aromatic carbocycles. The van der Waals surface area contributed by atoms with E-state index in [0.717, 1.165) is 5.56 Å². The van der Waals surface area contributed by atoms with Gasteiger partial charge in [0.05, 0.1) is 18.3 Å². The van der Waals surface area contributed by atoms with E-state index in [9.17, 15) is 9.18 Å². The van der Waals surface area contributed by atoms with Gasteiger partial charge < -0.3 is 20.2 Å². The van der Waals surface area contributed by atoms with Gasteiger partial charge in [0.25, 0.3) is 11.8 Å². The number of carbonyl (C=O) groups is 1. The number of hydrogen-bond acceptors (Lipinski definition) is 7. The molecule has 0 bridgehead atoms. The number of rotatable bonds is 7. The van der Waals surface area contributed by atoms with Crippen molar-refractivity contribution >= 4 is 28.4 Å². The number of hydrogen-bond donors (Lipinski definition) is 2. The molecule has 4 rings (SSSR count). The summed E-state index contributed by atoms with van der Waals surface area (Å²) in [5, 5.41) is 12.0. The van der Waals surface area contributed by atoms with Crippen LogP contribution in [-0.2, 0) is 6.42 Å². The lowest BCUT2D eigenvalue weighted by Crippen LogP contribution is -2.13. The maximum absolute atomic E-state index is 13.1. The predicted molar refractivity (Wildman–Crippen MR) is 103 cm³/mol. The summed E-state index contributed by atoms with van der Waals surface area (Å²) in [5.41, 5.74) is 7.40. The number of pyridine rings is 1. The minimum atomic E-state index is -0.583. The topological polar surface area (TPSA) is 116 Å². The number of furan rings is 1. The molecule has 146 valence electrons. The summed E-state index contributed by atoms with van der Waals surface area (Å²) in [4.78, 5) is 15.1. The highest BCUT2D eigenvalue weighted by Gasteiger charge is 2.14. The SMILES string of the molecule is NC(=O)c1cc(CCOc2nnc(Nc3ccc(F)cc3)c3ccoc23)ccn1. The first-order valence-electron chi connectivity index (χ1n) is 8.74. The summed E-state index contributed by atoms with van der Waals surface area (Å²) in [6.45, 7) is 0.289. The van der Waals surface area contributed by atoms with Gasteiger partial charge in [-0.05, 0) is 48.0 Å². The molecule has 4 aromatic rings. The van der Waals surface area contributed by atoms with Crippen LogP contribution in [0.5, 0.6) is 5.88 Å². The summed E-state index contributed by atoms with van der Waals surface area (Å²) in [7, 11) is 0. The number of benzene rings is 1. The Bertz CT molecular complexity index is 1160. The van der Waals surface area contributed by atoms with E-state index in [-0.39, 0.29) is 24.0 Å². The fraction of sp³-hybridized carbons (Fsp3) is 0.100. The normalized spacial score (nSPS) is 10.8. The summed E-state index contributed by atoms with van der Waals surface area (Å²) in [6.07, 6.45) is 3.55. The van der Waals surface area contributed by atoms with Gasteiger partial charge in [0, 0.05) is 18.3 Å². The molecule has 3 N–H and O–H groups in total. The van der Waals surface area contributed by atoms with Crippen LogP contribution >= 0.6 is 0 Å². The van der Waals surface area contributed by atoms with Crippen molar-refractivity contribution in [1.29, 1.82) is 0 Å². The quantitative estimate of drug-likeness (QED) is 0.495. The van der Waals surface area contributed by atoms with Gasteiger partial charge in [-0.25, -0.2) is 4.39 Å². The van der Waals surface area contributed by atoms with Crippen molar-refractivity contribution in [2.24, 2.45) is 5.73 Å². The second-order valence-corrected chi connectivity index (χ2v) is 6.16. The average Bonchev–Trinajstić information content (AvgIpc) is 3.22. The van der Waals surface area contributed by atoms with Crippen LogP contribution in [-0.4, -0.2) is 27.7 Å². The van der Waals surface area contributed by atoms with Crippen molar-refractivity contribution in [3.05, 3.63) is 72.0 Å². The van der Waals surface area contributed by atoms with Gasteiger partial charge in [-0.3, -0.25) is 9.78 Å². The van der Waals surface area contributed by atoms with Crippen LogP contribution in [0.15, 0.2) is 59.3 Å². The van der Waals surface area contributed by atoms with Crippen molar-refractivity contribution in [2.45, 2.75) is 6.42 Å². The van der Waals surface area contributed by atoms with Crippen LogP contribution in [0, 0.1) is 5.82 Å². The fourth-order valence-electron chi connectivity index (χ4n) is 2.74. The zero-order chi connectivity index (χ0) is 20.2. The molecule has 0 spiro atoms. The number of nitrogens with two attached hydrogens (primary N) is 1. The maximum Gasteiger partial charge on any atom is 0.277 e. The Morgan fingerprint density at radius 3 is 2.79 bits per heavy atom. The number of anilines is 2. The number of primary amides is 1. The zero-order valence-corrected chi connectivity index (χ0v) is 15.1. The van der Waals surface area contributed by atoms with E-state index in [1.165, 1.54) is 24.6 Å². The van der Waals surface area contributed by atoms with E-state index in [1.807, 2.05) is 0 Å². The van der Waals surface area contributed by atoms with Crippen LogP contribution in [0.25, 0.3) is 11.0 Å². The first-order valence-corrected chi connectivity index (χ1v) is 8.74. The monoisotopic (exact) mass is 393 g/mol. The fourth-order valence-corrected chi connectivity index (χ4v) is 2.74. The van der Waals surface area contributed by atoms with Crippen molar-refractivity contribution in [1.82, 2.24) is 15.2 Å². The maximum atomic E-state index is 13.1. The molecule has 29 heavy (non-hydrogen) atoms. The van der Waals surface area contributed by atoms with Crippen molar-refractivity contribution in [2.75, 3.05) is 11.9 Å². The van der Waals surface area contributed by atoms with Crippen LogP contribution < -0.4 is 15.8 Å². The van der Waals surface area contributed by atoms with Gasteiger partial charge in [0.1, 0.15) is 11.5 Å². The summed E-state index contributed by atoms with van der Waals surface area (Å²) < 4.78 is 24.3. The average molecular weight is 393 g/mol. The molecule has 8 nitrogen and oxygen atoms in total. The molecule has 0 aliphatic rings. The number of ether oxygens (including phenoxy) is 1. The Morgan fingerprint density at radius 1 is 1.17 bits per heavy atom. The van der Waals surface area contributed by atoms with Crippen molar-refractivity contribution < 1.29 is 18.3 Å². The molecule has 1 amide bonds. The van der Waals surface area contributed by atoms with E-state index >= 15 is 0 Å². The van der Waals surface area contributed by atoms with Gasteiger partial charge in [-0.15, -0.1) is 10.2 Å². The van der Waals surface area contributed by atoms with E-state index in [2.05, 4.69) is 20.5 Å². The highest BCUT2D eigenvalue weighted by molar-refractivity contribution is 5.92. The van der Waals surface area contributed by atoms with Crippen molar-refractivity contribution in [3.63, 3.8) is 0 Å². The Kier molecular flexibility index (Phi) is 5.02. The molecule has 0 atom stereocenters. The molecule has 0 saturated heterocycles. The predicted octanol–water partition coefficient (Wildman–Crippen LogP) is 3.22. The number of nitrogens with zero attached hydrogens (tertiary/aromatic N) is 3. The second kappa shape index (κ2) is 7.93. The van der Waals surface area contributed by atoms with Gasteiger partial charge >= 0.3 is 0 Å². The third-order valence-corrected chi connectivity index (χ3v) is 4.17. The molecule has 0 radical (unpaired) electrons. The number of aromatic nitrogens is 3. The lowest BCUT2D eigenvalue weighted by molar-refractivity contribution is 0.0995. The molecule has 3 heterocycles. The Labute approximate surface area is 164 Å². The molecule has 0 aliphatic carbocycles. The highest BCUT2D eigenvalue weighted by Crippen LogP contribution is 2.30. The first kappa shape index (κ1) is 18.4. The molecule has 3 aromatic heterocycles. The van der Waals surface area contributed by atoms with Crippen LogP contribution in [0.2, 0.25) is 0 Å². The van der Waals surface area contributed by atoms with Gasteiger partial charge in [0.15, 0.2) is 5.82 Å². The van der Waals surface area contributed by atoms with Crippen molar-refractivity contribution in [3.8, 4) is 5.88 Å². The number of nitrogens with one attached hydrogen (secondary N) is 1. The van der Waals surface area contributed by atoms with Crippen LogP contribution in [0.3, 0.4) is 0 Å². The van der Waals surface area contributed by atoms with E-state index in [1.54, 1.807) is 30.3 Å². The Balaban J connectivity index is 1.47. The van der Waals surface area contributed by atoms with Gasteiger partial charge in [-0.2, -0.15) is 0 Å². The molecular formula is C20H16FN5O3. The van der Waals surface area contributed by atoms with Gasteiger partial charge in [0.2, 0.25) is 5.58 Å². The number of amides is 1. The standard InChI is InChI=1S/C20H16FN5O3/c21-13-1-3-14(4-2-13)24-19-15-7-10-28-17(15)20(26-25-19)29-9-6-12-5-8-23-16(11-12)18(22)27/h1-5,7-8,10-11H,6,9H2,(H2,22,27)(H,24,25). The second-order valence-electron chi connectivity index (χ2n) is 6.16. The highest BCUT2D eigenvalue weighted by atomic mass is 19.1. The molecule has 0 fully saturated rings. The third-order valence-electron chi connectivity index (χ3n) is 4.17. The summed E-state index contributed by atoms with van der Waals surface area (Å²) in [6, 6.07) is 11.0. The lowest BCUT2D eigenvalue weighted by atomic mass is 10.2. The number of fused-ring (bicyclic) bond motifs is 1. The molecule has 0 unspecified atom stereocenters. The summed E-state index contributed by atoms with van der Waals surface area (Å²) >= 11 is 0. The zero-order valence-electron chi connectivity index (χ0n) is 15.1. The smallest absolute Gasteiger partial charge is 0.277 e. The van der Waals surface area contributed by atoms with E-state index in [4.69, 9.17) is 14.9 Å². The third kappa shape index (κ3) is 4.13. The van der Waals surface area contributed by atoms with Gasteiger partial charge in [-0.1, -0.05) is 0 Å². The first-order chi connectivity index (χ1) is 14.1. The minimum Gasteiger partial charge on any atom is -0.474 e. The molecule has 9 heteroatoms. The number of halogens is 1. The Morgan fingerprint density at radius 2 is 2.00 bits per heavy atom. The molecular weight excluding hydrogens is 377 g/mol. The minimum absolute atomic E-state index is 0.201. The summed E-state index contributed by atoms with van der Waals surface area (Å²) in [5.74, 6) is -0.192. The van der Waals surface area contributed by atoms with E-state index < -0.39 is 5.91 Å². The Hall–Kier alpha value is -4.01. The van der Waals surface area contributed by atoms with E-state index in [0.29, 0.717) is 28.9 Å². The molecule has 0 saturated carbocycles. The largest absolute Gasteiger partial charge is 0.474 e. The number of carbonyl (C=O) groups excluding carboxylic acids is 1. The van der Waals surface area contributed by atoms with Crippen LogP contribution in [0.4, 0.5) is 15.9 Å². The lowest BCUT2D eigenvalue weighted by Gasteiger charge is -2.09. The molecule has 0 aliphatic heterocycles.